The van der Waals surface area contributed by atoms with Crippen LogP contribution in [0.3, 0.4) is 0 Å². The van der Waals surface area contributed by atoms with Crippen LogP contribution in [0.15, 0.2) is 30.3 Å². The van der Waals surface area contributed by atoms with Crippen molar-refractivity contribution in [3.8, 4) is 5.75 Å². The minimum Gasteiger partial charge on any atom is -0.508 e. The molecule has 0 spiro atoms. The Morgan fingerprint density at radius 2 is 1.93 bits per heavy atom. The maximum Gasteiger partial charge on any atom is 0.208 e. The van der Waals surface area contributed by atoms with Gasteiger partial charge in [-0.15, -0.1) is 0 Å². The van der Waals surface area contributed by atoms with Gasteiger partial charge in [0.1, 0.15) is 12.3 Å². The molecule has 0 aromatic heterocycles. The summed E-state index contributed by atoms with van der Waals surface area (Å²) in [5, 5.41) is 26.6. The number of β-amino-alcohol motifs (C(OH)–C–C–N with tert-alkyl or cyclic N) is 1. The van der Waals surface area contributed by atoms with Gasteiger partial charge in [0.15, 0.2) is 5.03 Å². The number of para-hydroxylation sites is 1. The largest absolute Gasteiger partial charge is 0.508 e. The first-order chi connectivity index (χ1) is 6.61. The molecule has 0 radical (unpaired) electrons. The van der Waals surface area contributed by atoms with Crippen LogP contribution in [-0.4, -0.2) is 33.0 Å². The predicted molar refractivity (Wildman–Crippen MR) is 47.8 cm³/mol. The molecular weight excluding hydrogens is 188 g/mol. The van der Waals surface area contributed by atoms with Crippen LogP contribution >= 0.6 is 0 Å². The number of hydrogen-bond acceptors (Lipinski definition) is 4. The van der Waals surface area contributed by atoms with Crippen LogP contribution in [0.4, 0.5) is 0 Å². The van der Waals surface area contributed by atoms with Crippen molar-refractivity contribution in [2.75, 3.05) is 6.54 Å². The molecule has 2 rings (SSSR count). The molecule has 1 heterocycles. The Morgan fingerprint density at radius 1 is 1.43 bits per heavy atom. The van der Waals surface area contributed by atoms with E-state index in [0.717, 1.165) is 5.01 Å². The van der Waals surface area contributed by atoms with E-state index < -0.39 is 11.3 Å². The van der Waals surface area contributed by atoms with Crippen molar-refractivity contribution in [2.24, 2.45) is 0 Å². The zero-order valence-corrected chi connectivity index (χ0v) is 7.28. The highest BCUT2D eigenvalue weighted by atomic mass is 16.7. The predicted octanol–water partition coefficient (Wildman–Crippen LogP) is 0.204. The number of nitrogens with zero attached hydrogens (tertiary/aromatic N) is 2. The molecule has 2 N–H and O–H groups in total. The maximum atomic E-state index is 9.54. The number of rotatable bonds is 1. The number of aliphatic hydroxyl groups excluding tert-OH is 1. The molecule has 6 heteroatoms. The van der Waals surface area contributed by atoms with Crippen molar-refractivity contribution in [3.05, 3.63) is 40.4 Å². The van der Waals surface area contributed by atoms with Crippen molar-refractivity contribution in [1.29, 1.82) is 0 Å². The number of benzene rings is 1. The highest BCUT2D eigenvalue weighted by Gasteiger charge is 2.41. The summed E-state index contributed by atoms with van der Waals surface area (Å²) in [4.78, 5) is 9.54. The Balaban J connectivity index is 0.000000140. The van der Waals surface area contributed by atoms with E-state index in [9.17, 15) is 10.1 Å². The Labute approximate surface area is 80.1 Å². The van der Waals surface area contributed by atoms with E-state index >= 15 is 0 Å². The second-order valence-corrected chi connectivity index (χ2v) is 2.68. The normalized spacial score (nSPS) is 18.1. The Hall–Kier alpha value is -1.82. The summed E-state index contributed by atoms with van der Waals surface area (Å²) in [6, 6.07) is 8.71. The number of aliphatic hydroxyl groups is 1. The van der Waals surface area contributed by atoms with Gasteiger partial charge in [0.25, 0.3) is 0 Å². The van der Waals surface area contributed by atoms with Crippen LogP contribution < -0.4 is 0 Å². The first-order valence-corrected chi connectivity index (χ1v) is 3.94. The third-order valence-electron chi connectivity index (χ3n) is 1.53. The van der Waals surface area contributed by atoms with Gasteiger partial charge in [0.05, 0.1) is 0 Å². The van der Waals surface area contributed by atoms with E-state index in [1.54, 1.807) is 24.3 Å². The molecule has 1 atom stereocenters. The molecule has 1 unspecified atom stereocenters. The van der Waals surface area contributed by atoms with Gasteiger partial charge in [0.2, 0.25) is 6.23 Å². The van der Waals surface area contributed by atoms with Crippen LogP contribution in [0.2, 0.25) is 0 Å². The molecule has 1 aromatic carbocycles. The van der Waals surface area contributed by atoms with Crippen LogP contribution in [0.25, 0.3) is 0 Å². The second kappa shape index (κ2) is 4.43. The van der Waals surface area contributed by atoms with Gasteiger partial charge in [-0.1, -0.05) is 23.2 Å². The third kappa shape index (κ3) is 3.28. The molecule has 0 bridgehead atoms. The van der Waals surface area contributed by atoms with Crippen molar-refractivity contribution in [1.82, 2.24) is 5.01 Å². The number of phenols is 1. The molecule has 0 amide bonds. The van der Waals surface area contributed by atoms with Crippen molar-refractivity contribution >= 4 is 0 Å². The molecule has 1 aliphatic rings. The first-order valence-electron chi connectivity index (χ1n) is 3.94. The molecule has 14 heavy (non-hydrogen) atoms. The van der Waals surface area contributed by atoms with Crippen LogP contribution in [0.5, 0.6) is 5.75 Å². The topological polar surface area (TPSA) is 86.6 Å². The number of phenolic OH excluding ortho intramolecular Hbond substituents is 1. The summed E-state index contributed by atoms with van der Waals surface area (Å²) in [5.41, 5.74) is 0. The number of aromatic hydroxyl groups is 1. The summed E-state index contributed by atoms with van der Waals surface area (Å²) in [6.07, 6.45) is -0.824. The fourth-order valence-corrected chi connectivity index (χ4v) is 0.724. The summed E-state index contributed by atoms with van der Waals surface area (Å²) in [5.74, 6) is 0.322. The average Bonchev–Trinajstić information content (AvgIpc) is 2.85. The van der Waals surface area contributed by atoms with Crippen molar-refractivity contribution < 1.29 is 15.2 Å². The number of hydrazine groups is 1. The highest BCUT2D eigenvalue weighted by Crippen LogP contribution is 2.11. The summed E-state index contributed by atoms with van der Waals surface area (Å²) < 4.78 is 0. The van der Waals surface area contributed by atoms with Crippen LogP contribution in [-0.2, 0) is 0 Å². The van der Waals surface area contributed by atoms with E-state index in [4.69, 9.17) is 10.2 Å². The zero-order valence-electron chi connectivity index (χ0n) is 7.28. The Kier molecular flexibility index (Phi) is 3.24. The standard InChI is InChI=1S/C6H6O.C2H4N2O3/c7-6-4-2-1-3-5-6;5-2-1-3(2)4(6)7/h1-5,7H;2,5H,1H2. The van der Waals surface area contributed by atoms with E-state index in [2.05, 4.69) is 0 Å². The molecule has 1 aromatic rings. The van der Waals surface area contributed by atoms with Crippen molar-refractivity contribution in [2.45, 2.75) is 6.23 Å². The lowest BCUT2D eigenvalue weighted by atomic mass is 10.3. The van der Waals surface area contributed by atoms with E-state index in [-0.39, 0.29) is 6.54 Å². The Bertz CT molecular complexity index is 303. The molecular formula is C8H10N2O4. The van der Waals surface area contributed by atoms with Gasteiger partial charge in [-0.05, 0) is 12.1 Å². The highest BCUT2D eigenvalue weighted by molar-refractivity contribution is 5.18. The smallest absolute Gasteiger partial charge is 0.208 e. The SMILES string of the molecule is O=[N+]([O-])N1CC1O.Oc1ccccc1. The lowest BCUT2D eigenvalue weighted by Gasteiger charge is -1.83. The summed E-state index contributed by atoms with van der Waals surface area (Å²) in [6.45, 7) is 0.174. The molecule has 1 saturated heterocycles. The fourth-order valence-electron chi connectivity index (χ4n) is 0.724. The minimum absolute atomic E-state index is 0.174. The molecule has 0 saturated carbocycles. The van der Waals surface area contributed by atoms with Gasteiger partial charge in [-0.3, -0.25) is 0 Å². The second-order valence-electron chi connectivity index (χ2n) is 2.68. The van der Waals surface area contributed by atoms with Crippen molar-refractivity contribution in [3.63, 3.8) is 0 Å². The monoisotopic (exact) mass is 198 g/mol. The molecule has 1 aliphatic heterocycles. The Morgan fingerprint density at radius 3 is 2.07 bits per heavy atom. The van der Waals surface area contributed by atoms with E-state index in [1.165, 1.54) is 0 Å². The summed E-state index contributed by atoms with van der Waals surface area (Å²) in [7, 11) is 0. The molecule has 6 nitrogen and oxygen atoms in total. The van der Waals surface area contributed by atoms with E-state index in [1.807, 2.05) is 6.07 Å². The van der Waals surface area contributed by atoms with Gasteiger partial charge in [0, 0.05) is 0 Å². The van der Waals surface area contributed by atoms with Crippen LogP contribution in [0.1, 0.15) is 0 Å². The van der Waals surface area contributed by atoms with E-state index in [0.29, 0.717) is 5.75 Å². The lowest BCUT2D eigenvalue weighted by Crippen LogP contribution is -2.09. The first kappa shape index (κ1) is 10.3. The fraction of sp³-hybridized carbons (Fsp3) is 0.250. The molecule has 1 fully saturated rings. The maximum absolute atomic E-state index is 9.54. The van der Waals surface area contributed by atoms with Gasteiger partial charge in [-0.25, -0.2) is 10.1 Å². The number of hydrogen-bond donors (Lipinski definition) is 2. The summed E-state index contributed by atoms with van der Waals surface area (Å²) >= 11 is 0. The molecule has 76 valence electrons. The third-order valence-corrected chi connectivity index (χ3v) is 1.53. The average molecular weight is 198 g/mol. The van der Waals surface area contributed by atoms with Gasteiger partial charge < -0.3 is 10.2 Å². The molecule has 0 aliphatic carbocycles. The quantitative estimate of drug-likeness (QED) is 0.382. The zero-order chi connectivity index (χ0) is 10.6. The minimum atomic E-state index is -0.824. The lowest BCUT2D eigenvalue weighted by molar-refractivity contribution is -0.625. The van der Waals surface area contributed by atoms with Gasteiger partial charge in [-0.2, -0.15) is 0 Å². The van der Waals surface area contributed by atoms with Gasteiger partial charge >= 0.3 is 0 Å². The number of nitro groups is 1. The van der Waals surface area contributed by atoms with Crippen LogP contribution in [0, 0.1) is 10.1 Å².